The van der Waals surface area contributed by atoms with Crippen LogP contribution in [0.5, 0.6) is 0 Å². The van der Waals surface area contributed by atoms with E-state index in [9.17, 15) is 4.79 Å². The molecule has 1 saturated carbocycles. The topological polar surface area (TPSA) is 118 Å². The fourth-order valence-corrected chi connectivity index (χ4v) is 3.84. The SMILES string of the molecule is CCC(C)NC(=O)O[C@@H]1CC[C@H](c2cc(Nc3nccn4nc(COC)cc34)n[nH]2)C1. The Kier molecular flexibility index (Phi) is 6.36. The average molecular weight is 428 g/mol. The van der Waals surface area contributed by atoms with Gasteiger partial charge in [-0.15, -0.1) is 0 Å². The van der Waals surface area contributed by atoms with Crippen LogP contribution in [0.15, 0.2) is 24.5 Å². The zero-order chi connectivity index (χ0) is 21.8. The third kappa shape index (κ3) is 4.96. The number of nitrogens with one attached hydrogen (secondary N) is 3. The molecule has 3 heterocycles. The number of fused-ring (bicyclic) bond motifs is 1. The van der Waals surface area contributed by atoms with Crippen molar-refractivity contribution in [3.8, 4) is 0 Å². The van der Waals surface area contributed by atoms with Gasteiger partial charge in [0, 0.05) is 43.2 Å². The largest absolute Gasteiger partial charge is 0.446 e. The monoisotopic (exact) mass is 427 g/mol. The molecule has 0 aliphatic heterocycles. The Morgan fingerprint density at radius 1 is 1.39 bits per heavy atom. The number of rotatable bonds is 8. The molecule has 0 aromatic carbocycles. The molecule has 1 amide bonds. The van der Waals surface area contributed by atoms with Crippen molar-refractivity contribution in [3.63, 3.8) is 0 Å². The second-order valence-corrected chi connectivity index (χ2v) is 8.00. The third-order valence-corrected chi connectivity index (χ3v) is 5.65. The van der Waals surface area contributed by atoms with Gasteiger partial charge in [0.1, 0.15) is 11.6 Å². The van der Waals surface area contributed by atoms with Crippen molar-refractivity contribution >= 4 is 23.2 Å². The van der Waals surface area contributed by atoms with Crippen LogP contribution in [0, 0.1) is 0 Å². The fourth-order valence-electron chi connectivity index (χ4n) is 3.84. The molecule has 10 nitrogen and oxygen atoms in total. The van der Waals surface area contributed by atoms with E-state index in [1.54, 1.807) is 24.0 Å². The molecular weight excluding hydrogens is 398 g/mol. The van der Waals surface area contributed by atoms with Crippen molar-refractivity contribution in [1.29, 1.82) is 0 Å². The van der Waals surface area contributed by atoms with E-state index in [1.165, 1.54) is 0 Å². The fraction of sp³-hybridized carbons (Fsp3) is 0.524. The lowest BCUT2D eigenvalue weighted by Crippen LogP contribution is -2.34. The summed E-state index contributed by atoms with van der Waals surface area (Å²) in [5, 5.41) is 18.1. The highest BCUT2D eigenvalue weighted by molar-refractivity contribution is 5.72. The van der Waals surface area contributed by atoms with Gasteiger partial charge in [-0.25, -0.2) is 14.3 Å². The quantitative estimate of drug-likeness (QED) is 0.503. The zero-order valence-corrected chi connectivity index (χ0v) is 18.1. The maximum absolute atomic E-state index is 12.0. The molecule has 0 saturated heterocycles. The maximum atomic E-state index is 12.0. The van der Waals surface area contributed by atoms with Crippen LogP contribution in [-0.4, -0.2) is 50.1 Å². The number of ether oxygens (including phenoxy) is 2. The molecule has 3 aromatic rings. The Labute approximate surface area is 180 Å². The Morgan fingerprint density at radius 2 is 2.26 bits per heavy atom. The highest BCUT2D eigenvalue weighted by Gasteiger charge is 2.30. The minimum absolute atomic E-state index is 0.0739. The zero-order valence-electron chi connectivity index (χ0n) is 18.1. The van der Waals surface area contributed by atoms with Gasteiger partial charge < -0.3 is 20.1 Å². The van der Waals surface area contributed by atoms with E-state index >= 15 is 0 Å². The summed E-state index contributed by atoms with van der Waals surface area (Å²) in [5.41, 5.74) is 2.70. The molecular formula is C21H29N7O3. The predicted molar refractivity (Wildman–Crippen MR) is 115 cm³/mol. The summed E-state index contributed by atoms with van der Waals surface area (Å²) in [6.45, 7) is 4.44. The molecule has 3 aromatic heterocycles. The first-order valence-electron chi connectivity index (χ1n) is 10.7. The van der Waals surface area contributed by atoms with E-state index in [0.29, 0.717) is 18.2 Å². The standard InChI is InChI=1S/C21H29N7O3/c1-4-13(2)23-21(29)31-16-6-5-14(9-16)17-11-19(26-25-17)24-20-18-10-15(12-30-3)27-28(18)8-7-22-20/h7-8,10-11,13-14,16H,4-6,9,12H2,1-3H3,(H,23,29)(H2,22,24,25,26)/t13?,14-,16+/m0/s1. The molecule has 0 radical (unpaired) electrons. The normalized spacial score (nSPS) is 19.5. The number of hydrogen-bond acceptors (Lipinski definition) is 7. The van der Waals surface area contributed by atoms with Crippen LogP contribution >= 0.6 is 0 Å². The molecule has 166 valence electrons. The third-order valence-electron chi connectivity index (χ3n) is 5.65. The lowest BCUT2D eigenvalue weighted by Gasteiger charge is -2.16. The number of nitrogens with zero attached hydrogens (tertiary/aromatic N) is 4. The summed E-state index contributed by atoms with van der Waals surface area (Å²) in [6.07, 6.45) is 6.53. The Balaban J connectivity index is 1.38. The summed E-state index contributed by atoms with van der Waals surface area (Å²) >= 11 is 0. The van der Waals surface area contributed by atoms with Crippen molar-refractivity contribution in [2.75, 3.05) is 12.4 Å². The molecule has 0 bridgehead atoms. The van der Waals surface area contributed by atoms with Crippen molar-refractivity contribution in [2.45, 2.75) is 64.2 Å². The number of alkyl carbamates (subject to hydrolysis) is 1. The molecule has 1 aliphatic rings. The van der Waals surface area contributed by atoms with E-state index < -0.39 is 0 Å². The molecule has 1 fully saturated rings. The second kappa shape index (κ2) is 9.34. The smallest absolute Gasteiger partial charge is 0.407 e. The minimum atomic E-state index is -0.334. The number of aromatic amines is 1. The van der Waals surface area contributed by atoms with Gasteiger partial charge >= 0.3 is 6.09 Å². The highest BCUT2D eigenvalue weighted by Crippen LogP contribution is 2.36. The maximum Gasteiger partial charge on any atom is 0.407 e. The van der Waals surface area contributed by atoms with Crippen LogP contribution < -0.4 is 10.6 Å². The van der Waals surface area contributed by atoms with Gasteiger partial charge in [-0.3, -0.25) is 5.10 Å². The summed E-state index contributed by atoms with van der Waals surface area (Å²) < 4.78 is 12.5. The Morgan fingerprint density at radius 3 is 3.06 bits per heavy atom. The summed E-state index contributed by atoms with van der Waals surface area (Å²) in [6, 6.07) is 4.05. The summed E-state index contributed by atoms with van der Waals surface area (Å²) in [5.74, 6) is 1.63. The first-order valence-corrected chi connectivity index (χ1v) is 10.7. The number of carbonyl (C=O) groups excluding carboxylic acids is 1. The van der Waals surface area contributed by atoms with Crippen molar-refractivity contribution in [3.05, 3.63) is 35.9 Å². The van der Waals surface area contributed by atoms with Gasteiger partial charge in [-0.05, 0) is 38.7 Å². The molecule has 3 atom stereocenters. The van der Waals surface area contributed by atoms with Gasteiger partial charge in [0.15, 0.2) is 11.6 Å². The number of H-pyrrole nitrogens is 1. The number of carbonyl (C=O) groups is 1. The number of aromatic nitrogens is 5. The molecule has 0 spiro atoms. The van der Waals surface area contributed by atoms with E-state index in [0.717, 1.165) is 42.6 Å². The summed E-state index contributed by atoms with van der Waals surface area (Å²) in [4.78, 5) is 16.4. The van der Waals surface area contributed by atoms with E-state index in [2.05, 4.69) is 30.9 Å². The molecule has 1 aliphatic carbocycles. The first kappa shape index (κ1) is 21.1. The number of anilines is 2. The van der Waals surface area contributed by atoms with Gasteiger partial charge in [0.05, 0.1) is 12.3 Å². The Hall–Kier alpha value is -3.14. The number of hydrogen-bond donors (Lipinski definition) is 3. The van der Waals surface area contributed by atoms with E-state index in [4.69, 9.17) is 9.47 Å². The van der Waals surface area contributed by atoms with Gasteiger partial charge in [-0.1, -0.05) is 6.92 Å². The molecule has 31 heavy (non-hydrogen) atoms. The van der Waals surface area contributed by atoms with Crippen LogP contribution in [0.2, 0.25) is 0 Å². The van der Waals surface area contributed by atoms with Gasteiger partial charge in [0.25, 0.3) is 0 Å². The Bertz CT molecular complexity index is 1030. The first-order chi connectivity index (χ1) is 15.1. The lowest BCUT2D eigenvalue weighted by molar-refractivity contribution is 0.0974. The number of amides is 1. The highest BCUT2D eigenvalue weighted by atomic mass is 16.6. The number of methoxy groups -OCH3 is 1. The van der Waals surface area contributed by atoms with Crippen molar-refractivity contribution < 1.29 is 14.3 Å². The van der Waals surface area contributed by atoms with Gasteiger partial charge in [-0.2, -0.15) is 10.2 Å². The van der Waals surface area contributed by atoms with Crippen LogP contribution in [0.1, 0.15) is 56.8 Å². The average Bonchev–Trinajstić information content (AvgIpc) is 3.48. The molecule has 4 rings (SSSR count). The van der Waals surface area contributed by atoms with Gasteiger partial charge in [0.2, 0.25) is 0 Å². The van der Waals surface area contributed by atoms with Crippen LogP contribution in [-0.2, 0) is 16.1 Å². The molecule has 1 unspecified atom stereocenters. The molecule has 3 N–H and O–H groups in total. The van der Waals surface area contributed by atoms with E-state index in [-0.39, 0.29) is 24.2 Å². The lowest BCUT2D eigenvalue weighted by atomic mass is 10.0. The van der Waals surface area contributed by atoms with E-state index in [1.807, 2.05) is 26.0 Å². The predicted octanol–water partition coefficient (Wildman–Crippen LogP) is 3.50. The van der Waals surface area contributed by atoms with Crippen molar-refractivity contribution in [2.24, 2.45) is 0 Å². The van der Waals surface area contributed by atoms with Crippen LogP contribution in [0.3, 0.4) is 0 Å². The second-order valence-electron chi connectivity index (χ2n) is 8.00. The minimum Gasteiger partial charge on any atom is -0.446 e. The van der Waals surface area contributed by atoms with Crippen molar-refractivity contribution in [1.82, 2.24) is 30.1 Å². The molecule has 10 heteroatoms. The van der Waals surface area contributed by atoms with Crippen LogP contribution in [0.25, 0.3) is 5.52 Å². The summed E-state index contributed by atoms with van der Waals surface area (Å²) in [7, 11) is 1.64. The van der Waals surface area contributed by atoms with Crippen LogP contribution in [0.4, 0.5) is 16.4 Å².